The molecule has 2 aromatic rings. The number of carboxylic acids is 1. The number of nitrogens with one attached hydrogen (secondary N) is 1. The van der Waals surface area contributed by atoms with Crippen molar-refractivity contribution in [3.63, 3.8) is 0 Å². The van der Waals surface area contributed by atoms with Crippen molar-refractivity contribution >= 4 is 44.9 Å². The molecule has 0 aromatic heterocycles. The quantitative estimate of drug-likeness (QED) is 0.761. The summed E-state index contributed by atoms with van der Waals surface area (Å²) < 4.78 is 37.6. The standard InChI is InChI=1S/C15H13Cl2NO6S/c1-23-13-7-14(24-2)12(6-11(13)17)18-25(21,22)8-3-4-10(16)9(5-8)15(19)20/h3-7,18H,1-2H3,(H,19,20). The first-order valence-corrected chi connectivity index (χ1v) is 8.90. The average Bonchev–Trinajstić information content (AvgIpc) is 2.54. The van der Waals surface area contributed by atoms with Gasteiger partial charge in [0, 0.05) is 6.07 Å². The van der Waals surface area contributed by atoms with Crippen molar-refractivity contribution in [2.75, 3.05) is 18.9 Å². The van der Waals surface area contributed by atoms with E-state index in [0.717, 1.165) is 6.07 Å². The van der Waals surface area contributed by atoms with E-state index >= 15 is 0 Å². The van der Waals surface area contributed by atoms with Crippen LogP contribution in [0.5, 0.6) is 11.5 Å². The predicted molar refractivity (Wildman–Crippen MR) is 93.8 cm³/mol. The van der Waals surface area contributed by atoms with Crippen LogP contribution in [0, 0.1) is 0 Å². The van der Waals surface area contributed by atoms with Crippen molar-refractivity contribution in [2.24, 2.45) is 0 Å². The minimum Gasteiger partial charge on any atom is -0.495 e. The molecule has 0 atom stereocenters. The van der Waals surface area contributed by atoms with Crippen LogP contribution < -0.4 is 14.2 Å². The number of rotatable bonds is 6. The van der Waals surface area contributed by atoms with Crippen LogP contribution in [-0.4, -0.2) is 33.7 Å². The highest BCUT2D eigenvalue weighted by Crippen LogP contribution is 2.37. The summed E-state index contributed by atoms with van der Waals surface area (Å²) in [6.07, 6.45) is 0. The van der Waals surface area contributed by atoms with Gasteiger partial charge in [-0.15, -0.1) is 0 Å². The zero-order chi connectivity index (χ0) is 18.8. The lowest BCUT2D eigenvalue weighted by atomic mass is 10.2. The van der Waals surface area contributed by atoms with Gasteiger partial charge in [-0.3, -0.25) is 4.72 Å². The van der Waals surface area contributed by atoms with Crippen LogP contribution in [0.15, 0.2) is 35.2 Å². The van der Waals surface area contributed by atoms with Crippen LogP contribution in [0.2, 0.25) is 10.0 Å². The summed E-state index contributed by atoms with van der Waals surface area (Å²) in [6, 6.07) is 6.09. The molecule has 0 fully saturated rings. The number of aromatic carboxylic acids is 1. The van der Waals surface area contributed by atoms with Crippen molar-refractivity contribution in [2.45, 2.75) is 4.90 Å². The molecule has 0 spiro atoms. The molecule has 0 radical (unpaired) electrons. The number of carboxylic acid groups (broad SMARTS) is 1. The average molecular weight is 406 g/mol. The number of carbonyl (C=O) groups is 1. The Kier molecular flexibility index (Phi) is 5.66. The van der Waals surface area contributed by atoms with E-state index in [9.17, 15) is 13.2 Å². The van der Waals surface area contributed by atoms with E-state index in [4.69, 9.17) is 37.8 Å². The lowest BCUT2D eigenvalue weighted by Gasteiger charge is -2.14. The van der Waals surface area contributed by atoms with Crippen LogP contribution >= 0.6 is 23.2 Å². The van der Waals surface area contributed by atoms with Gasteiger partial charge in [-0.05, 0) is 24.3 Å². The molecular weight excluding hydrogens is 393 g/mol. The topological polar surface area (TPSA) is 102 Å². The highest BCUT2D eigenvalue weighted by molar-refractivity contribution is 7.92. The SMILES string of the molecule is COc1cc(OC)c(NS(=O)(=O)c2ccc(Cl)c(C(=O)O)c2)cc1Cl. The number of sulfonamides is 1. The first-order chi connectivity index (χ1) is 11.7. The Bertz CT molecular complexity index is 930. The normalized spacial score (nSPS) is 11.0. The number of halogens is 2. The molecule has 134 valence electrons. The number of hydrogen-bond acceptors (Lipinski definition) is 5. The number of anilines is 1. The summed E-state index contributed by atoms with van der Waals surface area (Å²) in [5.74, 6) is -0.856. The Hall–Kier alpha value is -2.16. The monoisotopic (exact) mass is 405 g/mol. The van der Waals surface area contributed by atoms with Gasteiger partial charge in [-0.1, -0.05) is 23.2 Å². The van der Waals surface area contributed by atoms with Crippen molar-refractivity contribution in [3.8, 4) is 11.5 Å². The molecule has 0 saturated carbocycles. The second kappa shape index (κ2) is 7.38. The van der Waals surface area contributed by atoms with E-state index in [-0.39, 0.29) is 31.9 Å². The van der Waals surface area contributed by atoms with E-state index in [1.54, 1.807) is 0 Å². The smallest absolute Gasteiger partial charge is 0.337 e. The van der Waals surface area contributed by atoms with E-state index in [1.807, 2.05) is 0 Å². The molecule has 2 N–H and O–H groups in total. The highest BCUT2D eigenvalue weighted by atomic mass is 35.5. The number of ether oxygens (including phenoxy) is 2. The third-order valence-electron chi connectivity index (χ3n) is 3.20. The van der Waals surface area contributed by atoms with E-state index in [0.29, 0.717) is 5.75 Å². The molecule has 0 aliphatic rings. The van der Waals surface area contributed by atoms with Gasteiger partial charge < -0.3 is 14.6 Å². The Morgan fingerprint density at radius 3 is 2.24 bits per heavy atom. The van der Waals surface area contributed by atoms with Crippen molar-refractivity contribution in [1.29, 1.82) is 0 Å². The van der Waals surface area contributed by atoms with Crippen LogP contribution in [-0.2, 0) is 10.0 Å². The van der Waals surface area contributed by atoms with E-state index in [2.05, 4.69) is 4.72 Å². The van der Waals surface area contributed by atoms with Crippen LogP contribution in [0.25, 0.3) is 0 Å². The van der Waals surface area contributed by atoms with Gasteiger partial charge in [0.1, 0.15) is 11.5 Å². The highest BCUT2D eigenvalue weighted by Gasteiger charge is 2.21. The summed E-state index contributed by atoms with van der Waals surface area (Å²) in [6.45, 7) is 0. The summed E-state index contributed by atoms with van der Waals surface area (Å²) in [5, 5.41) is 9.17. The Morgan fingerprint density at radius 1 is 1.04 bits per heavy atom. The van der Waals surface area contributed by atoms with E-state index < -0.39 is 16.0 Å². The van der Waals surface area contributed by atoms with Gasteiger partial charge in [0.2, 0.25) is 0 Å². The van der Waals surface area contributed by atoms with Gasteiger partial charge >= 0.3 is 5.97 Å². The number of hydrogen-bond donors (Lipinski definition) is 2. The molecule has 0 unspecified atom stereocenters. The molecule has 2 aromatic carbocycles. The zero-order valence-electron chi connectivity index (χ0n) is 13.0. The third-order valence-corrected chi connectivity index (χ3v) is 5.18. The second-order valence-electron chi connectivity index (χ2n) is 4.74. The molecule has 0 amide bonds. The van der Waals surface area contributed by atoms with Gasteiger partial charge in [0.25, 0.3) is 10.0 Å². The minimum atomic E-state index is -4.11. The predicted octanol–water partition coefficient (Wildman–Crippen LogP) is 3.51. The summed E-state index contributed by atoms with van der Waals surface area (Å²) >= 11 is 11.8. The van der Waals surface area contributed by atoms with Crippen LogP contribution in [0.1, 0.15) is 10.4 Å². The first-order valence-electron chi connectivity index (χ1n) is 6.66. The van der Waals surface area contributed by atoms with Gasteiger partial charge in [-0.25, -0.2) is 13.2 Å². The maximum atomic E-state index is 12.5. The van der Waals surface area contributed by atoms with Crippen molar-refractivity contribution in [3.05, 3.63) is 45.9 Å². The molecule has 0 saturated heterocycles. The lowest BCUT2D eigenvalue weighted by Crippen LogP contribution is -2.14. The van der Waals surface area contributed by atoms with Gasteiger partial charge in [-0.2, -0.15) is 0 Å². The molecule has 25 heavy (non-hydrogen) atoms. The maximum Gasteiger partial charge on any atom is 0.337 e. The summed E-state index contributed by atoms with van der Waals surface area (Å²) in [5.41, 5.74) is -0.260. The molecule has 0 aliphatic carbocycles. The van der Waals surface area contributed by atoms with Gasteiger partial charge in [0.05, 0.1) is 40.4 Å². The molecule has 0 bridgehead atoms. The maximum absolute atomic E-state index is 12.5. The van der Waals surface area contributed by atoms with Crippen molar-refractivity contribution in [1.82, 2.24) is 0 Å². The fraction of sp³-hybridized carbons (Fsp3) is 0.133. The second-order valence-corrected chi connectivity index (χ2v) is 7.24. The Labute approximate surface area is 154 Å². The molecule has 2 rings (SSSR count). The first kappa shape index (κ1) is 19.2. The molecule has 0 heterocycles. The van der Waals surface area contributed by atoms with E-state index in [1.165, 1.54) is 38.5 Å². The molecule has 10 heteroatoms. The lowest BCUT2D eigenvalue weighted by molar-refractivity contribution is 0.0697. The minimum absolute atomic E-state index is 0.0696. The largest absolute Gasteiger partial charge is 0.495 e. The van der Waals surface area contributed by atoms with Crippen LogP contribution in [0.4, 0.5) is 5.69 Å². The number of benzene rings is 2. The summed E-state index contributed by atoms with van der Waals surface area (Å²) in [4.78, 5) is 10.8. The van der Waals surface area contributed by atoms with Crippen LogP contribution in [0.3, 0.4) is 0 Å². The Morgan fingerprint density at radius 2 is 1.68 bits per heavy atom. The molecule has 7 nitrogen and oxygen atoms in total. The third kappa shape index (κ3) is 4.09. The number of methoxy groups -OCH3 is 2. The van der Waals surface area contributed by atoms with Gasteiger partial charge in [0.15, 0.2) is 0 Å². The fourth-order valence-electron chi connectivity index (χ4n) is 1.98. The zero-order valence-corrected chi connectivity index (χ0v) is 15.4. The fourth-order valence-corrected chi connectivity index (χ4v) is 3.51. The van der Waals surface area contributed by atoms with Crippen molar-refractivity contribution < 1.29 is 27.8 Å². The summed E-state index contributed by atoms with van der Waals surface area (Å²) in [7, 11) is -1.35. The Balaban J connectivity index is 2.48. The molecular formula is C15H13Cl2NO6S. The molecule has 0 aliphatic heterocycles.